The molecular formula is C26H29ClN8O. The molecule has 186 valence electrons. The standard InChI is InChI=1S/C26H29ClN8O/c1-35(2)19-11-9-18(10-12-19)32-26(36)31-17-7-5-16(6-8-17)30-25-33-22(14-23(27)34-25)21-15-29-24-20(21)4-3-13-28-24/h3-4,9-17H,5-8H2,1-2H3,(H,28,29)(H,30,33,34)(H2,31,32,36)/t16-,17-. The van der Waals surface area contributed by atoms with E-state index in [1.165, 1.54) is 0 Å². The largest absolute Gasteiger partial charge is 0.378 e. The van der Waals surface area contributed by atoms with Crippen LogP contribution in [0.25, 0.3) is 22.3 Å². The Kier molecular flexibility index (Phi) is 6.90. The van der Waals surface area contributed by atoms with Crippen LogP contribution in [0, 0.1) is 0 Å². The van der Waals surface area contributed by atoms with Gasteiger partial charge in [0.25, 0.3) is 0 Å². The van der Waals surface area contributed by atoms with E-state index in [1.54, 1.807) is 12.3 Å². The van der Waals surface area contributed by atoms with Crippen LogP contribution >= 0.6 is 11.6 Å². The fourth-order valence-electron chi connectivity index (χ4n) is 4.55. The highest BCUT2D eigenvalue weighted by molar-refractivity contribution is 6.29. The first-order valence-corrected chi connectivity index (χ1v) is 12.4. The molecule has 10 heteroatoms. The summed E-state index contributed by atoms with van der Waals surface area (Å²) in [5, 5.41) is 10.8. The number of fused-ring (bicyclic) bond motifs is 1. The number of aromatic nitrogens is 4. The third kappa shape index (κ3) is 5.52. The van der Waals surface area contributed by atoms with E-state index >= 15 is 0 Å². The molecule has 1 aliphatic carbocycles. The SMILES string of the molecule is CN(C)c1ccc(NC(=O)N[C@H]2CC[C@H](Nc3nc(Cl)cc(-c4c[nH]c5ncccc45)n3)CC2)cc1. The number of carbonyl (C=O) groups excluding carboxylic acids is 1. The number of hydrogen-bond donors (Lipinski definition) is 4. The van der Waals surface area contributed by atoms with Gasteiger partial charge in [0.05, 0.1) is 5.69 Å². The molecule has 3 aromatic heterocycles. The van der Waals surface area contributed by atoms with Crippen LogP contribution in [0.5, 0.6) is 0 Å². The highest BCUT2D eigenvalue weighted by Gasteiger charge is 2.23. The summed E-state index contributed by atoms with van der Waals surface area (Å²) in [6, 6.07) is 13.6. The maximum absolute atomic E-state index is 12.5. The van der Waals surface area contributed by atoms with E-state index in [0.717, 1.165) is 59.3 Å². The Morgan fingerprint density at radius 3 is 2.56 bits per heavy atom. The van der Waals surface area contributed by atoms with E-state index in [0.29, 0.717) is 11.1 Å². The quantitative estimate of drug-likeness (QED) is 0.266. The molecule has 0 bridgehead atoms. The average molecular weight is 505 g/mol. The van der Waals surface area contributed by atoms with Crippen LogP contribution in [0.15, 0.2) is 54.9 Å². The second kappa shape index (κ2) is 10.4. The molecule has 1 fully saturated rings. The second-order valence-corrected chi connectivity index (χ2v) is 9.62. The first kappa shape index (κ1) is 23.9. The van der Waals surface area contributed by atoms with E-state index in [9.17, 15) is 4.79 Å². The Morgan fingerprint density at radius 1 is 1.06 bits per heavy atom. The number of carbonyl (C=O) groups is 1. The summed E-state index contributed by atoms with van der Waals surface area (Å²) >= 11 is 6.33. The lowest BCUT2D eigenvalue weighted by Crippen LogP contribution is -2.42. The molecule has 0 unspecified atom stereocenters. The van der Waals surface area contributed by atoms with Gasteiger partial charge in [0.1, 0.15) is 10.8 Å². The molecule has 5 rings (SSSR count). The van der Waals surface area contributed by atoms with Gasteiger partial charge >= 0.3 is 6.03 Å². The summed E-state index contributed by atoms with van der Waals surface area (Å²) in [4.78, 5) is 31.1. The van der Waals surface area contributed by atoms with Crippen LogP contribution < -0.4 is 20.9 Å². The van der Waals surface area contributed by atoms with Gasteiger partial charge in [-0.15, -0.1) is 0 Å². The smallest absolute Gasteiger partial charge is 0.319 e. The van der Waals surface area contributed by atoms with Crippen molar-refractivity contribution in [2.24, 2.45) is 0 Å². The van der Waals surface area contributed by atoms with Crippen LogP contribution in [-0.2, 0) is 0 Å². The monoisotopic (exact) mass is 504 g/mol. The Hall–Kier alpha value is -3.85. The maximum Gasteiger partial charge on any atom is 0.319 e. The van der Waals surface area contributed by atoms with Crippen LogP contribution in [0.4, 0.5) is 22.1 Å². The molecule has 0 radical (unpaired) electrons. The number of amides is 2. The summed E-state index contributed by atoms with van der Waals surface area (Å²) in [7, 11) is 3.97. The summed E-state index contributed by atoms with van der Waals surface area (Å²) in [6.45, 7) is 0. The number of nitrogens with one attached hydrogen (secondary N) is 4. The summed E-state index contributed by atoms with van der Waals surface area (Å²) in [6.07, 6.45) is 7.16. The van der Waals surface area contributed by atoms with Gasteiger partial charge in [-0.1, -0.05) is 11.6 Å². The Labute approximate surface area is 214 Å². The minimum absolute atomic E-state index is 0.124. The minimum atomic E-state index is -0.181. The number of rotatable bonds is 6. The number of aromatic amines is 1. The number of nitrogens with zero attached hydrogens (tertiary/aromatic N) is 4. The summed E-state index contributed by atoms with van der Waals surface area (Å²) in [5.74, 6) is 0.506. The lowest BCUT2D eigenvalue weighted by atomic mass is 9.91. The highest BCUT2D eigenvalue weighted by Crippen LogP contribution is 2.29. The molecule has 1 saturated carbocycles. The van der Waals surface area contributed by atoms with Gasteiger partial charge in [-0.05, 0) is 62.1 Å². The Morgan fingerprint density at radius 2 is 1.81 bits per heavy atom. The topological polar surface area (TPSA) is 111 Å². The van der Waals surface area contributed by atoms with Gasteiger partial charge in [-0.25, -0.2) is 19.7 Å². The first-order chi connectivity index (χ1) is 17.4. The van der Waals surface area contributed by atoms with Crippen LogP contribution in [0.1, 0.15) is 25.7 Å². The molecule has 0 saturated heterocycles. The number of benzene rings is 1. The average Bonchev–Trinajstić information content (AvgIpc) is 3.29. The first-order valence-electron chi connectivity index (χ1n) is 12.0. The minimum Gasteiger partial charge on any atom is -0.378 e. The molecule has 4 N–H and O–H groups in total. The zero-order valence-electron chi connectivity index (χ0n) is 20.3. The fraction of sp³-hybridized carbons (Fsp3) is 0.308. The normalized spacial score (nSPS) is 17.5. The van der Waals surface area contributed by atoms with E-state index in [4.69, 9.17) is 16.6 Å². The van der Waals surface area contributed by atoms with Crippen molar-refractivity contribution < 1.29 is 4.79 Å². The maximum atomic E-state index is 12.5. The van der Waals surface area contributed by atoms with Gasteiger partial charge in [0.15, 0.2) is 0 Å². The zero-order chi connectivity index (χ0) is 25.1. The van der Waals surface area contributed by atoms with Crippen molar-refractivity contribution in [1.82, 2.24) is 25.3 Å². The number of anilines is 3. The molecule has 2 amide bonds. The molecule has 1 aliphatic rings. The predicted octanol–water partition coefficient (Wildman–Crippen LogP) is 5.28. The lowest BCUT2D eigenvalue weighted by Gasteiger charge is -2.29. The third-order valence-electron chi connectivity index (χ3n) is 6.46. The van der Waals surface area contributed by atoms with Crippen LogP contribution in [0.2, 0.25) is 5.15 Å². The highest BCUT2D eigenvalue weighted by atomic mass is 35.5. The molecule has 9 nitrogen and oxygen atoms in total. The Bertz CT molecular complexity index is 1350. The van der Waals surface area contributed by atoms with Crippen molar-refractivity contribution in [2.75, 3.05) is 29.6 Å². The van der Waals surface area contributed by atoms with E-state index in [1.807, 2.05) is 61.6 Å². The number of urea groups is 1. The van der Waals surface area contributed by atoms with Gasteiger partial charge in [-0.2, -0.15) is 0 Å². The van der Waals surface area contributed by atoms with Crippen molar-refractivity contribution in [3.05, 3.63) is 60.0 Å². The van der Waals surface area contributed by atoms with Crippen molar-refractivity contribution in [1.29, 1.82) is 0 Å². The van der Waals surface area contributed by atoms with Crippen LogP contribution in [-0.4, -0.2) is 52.1 Å². The third-order valence-corrected chi connectivity index (χ3v) is 6.65. The van der Waals surface area contributed by atoms with Gasteiger partial charge in [-0.3, -0.25) is 0 Å². The van der Waals surface area contributed by atoms with Gasteiger partial charge in [0.2, 0.25) is 5.95 Å². The van der Waals surface area contributed by atoms with E-state index < -0.39 is 0 Å². The summed E-state index contributed by atoms with van der Waals surface area (Å²) in [5.41, 5.74) is 4.33. The van der Waals surface area contributed by atoms with Crippen molar-refractivity contribution in [2.45, 2.75) is 37.8 Å². The van der Waals surface area contributed by atoms with Crippen molar-refractivity contribution in [3.63, 3.8) is 0 Å². The predicted molar refractivity (Wildman–Crippen MR) is 145 cm³/mol. The molecular weight excluding hydrogens is 476 g/mol. The number of hydrogen-bond acceptors (Lipinski definition) is 6. The van der Waals surface area contributed by atoms with Gasteiger partial charge < -0.3 is 25.8 Å². The number of H-pyrrole nitrogens is 1. The van der Waals surface area contributed by atoms with E-state index in [2.05, 4.69) is 30.9 Å². The molecule has 3 heterocycles. The van der Waals surface area contributed by atoms with Gasteiger partial charge in [0, 0.05) is 67.0 Å². The van der Waals surface area contributed by atoms with Crippen molar-refractivity contribution >= 4 is 46.0 Å². The van der Waals surface area contributed by atoms with Crippen molar-refractivity contribution in [3.8, 4) is 11.3 Å². The second-order valence-electron chi connectivity index (χ2n) is 9.23. The zero-order valence-corrected chi connectivity index (χ0v) is 21.0. The van der Waals surface area contributed by atoms with E-state index in [-0.39, 0.29) is 18.1 Å². The summed E-state index contributed by atoms with van der Waals surface area (Å²) < 4.78 is 0. The van der Waals surface area contributed by atoms with Crippen LogP contribution in [0.3, 0.4) is 0 Å². The fourth-order valence-corrected chi connectivity index (χ4v) is 4.73. The molecule has 0 aliphatic heterocycles. The molecule has 4 aromatic rings. The lowest BCUT2D eigenvalue weighted by molar-refractivity contribution is 0.243. The Balaban J connectivity index is 1.15. The molecule has 36 heavy (non-hydrogen) atoms. The molecule has 0 atom stereocenters. The molecule has 0 spiro atoms. The molecule has 1 aromatic carbocycles. The number of halogens is 1. The number of pyridine rings is 1.